The summed E-state index contributed by atoms with van der Waals surface area (Å²) in [5.74, 6) is -0.983. The molecule has 0 bridgehead atoms. The third-order valence-corrected chi connectivity index (χ3v) is 5.19. The Morgan fingerprint density at radius 1 is 1.29 bits per heavy atom. The molecule has 0 aromatic heterocycles. The number of aliphatic hydroxyl groups is 1. The summed E-state index contributed by atoms with van der Waals surface area (Å²) in [5, 5.41) is 9.08. The van der Waals surface area contributed by atoms with E-state index in [-0.39, 0.29) is 17.9 Å². The lowest BCUT2D eigenvalue weighted by molar-refractivity contribution is 0.280. The molecule has 0 amide bonds. The summed E-state index contributed by atoms with van der Waals surface area (Å²) in [5.41, 5.74) is 0.378. The van der Waals surface area contributed by atoms with E-state index in [4.69, 9.17) is 5.11 Å². The standard InChI is InChI=1S/C12H17FO3S/c1-12(2,3)17(15,16)8-10-9(7-14)5-4-6-11(10)13/h4-6,14H,7-8H2,1-3H3. The van der Waals surface area contributed by atoms with Crippen molar-refractivity contribution in [3.05, 3.63) is 35.1 Å². The van der Waals surface area contributed by atoms with Gasteiger partial charge < -0.3 is 5.11 Å². The van der Waals surface area contributed by atoms with Gasteiger partial charge in [-0.15, -0.1) is 0 Å². The van der Waals surface area contributed by atoms with Crippen LogP contribution in [-0.2, 0) is 22.2 Å². The number of hydrogen-bond donors (Lipinski definition) is 1. The zero-order valence-corrected chi connectivity index (χ0v) is 11.0. The summed E-state index contributed by atoms with van der Waals surface area (Å²) in [6, 6.07) is 4.18. The Hall–Kier alpha value is -0.940. The van der Waals surface area contributed by atoms with Crippen molar-refractivity contribution in [1.82, 2.24) is 0 Å². The van der Waals surface area contributed by atoms with Crippen LogP contribution in [0, 0.1) is 5.82 Å². The summed E-state index contributed by atoms with van der Waals surface area (Å²) < 4.78 is 36.6. The van der Waals surface area contributed by atoms with Crippen LogP contribution in [0.4, 0.5) is 4.39 Å². The van der Waals surface area contributed by atoms with Gasteiger partial charge in [0.15, 0.2) is 9.84 Å². The van der Waals surface area contributed by atoms with Crippen molar-refractivity contribution in [2.45, 2.75) is 37.9 Å². The SMILES string of the molecule is CC(C)(C)S(=O)(=O)Cc1c(F)cccc1CO. The molecule has 0 spiro atoms. The average Bonchev–Trinajstić information content (AvgIpc) is 2.19. The van der Waals surface area contributed by atoms with Crippen LogP contribution in [0.2, 0.25) is 0 Å². The van der Waals surface area contributed by atoms with Gasteiger partial charge in [-0.2, -0.15) is 0 Å². The molecule has 0 aliphatic carbocycles. The van der Waals surface area contributed by atoms with Gasteiger partial charge in [0.05, 0.1) is 17.1 Å². The Morgan fingerprint density at radius 2 is 1.88 bits per heavy atom. The maximum absolute atomic E-state index is 13.6. The molecule has 1 aromatic carbocycles. The van der Waals surface area contributed by atoms with Gasteiger partial charge in [-0.25, -0.2) is 12.8 Å². The Labute approximate surface area is 101 Å². The third kappa shape index (κ3) is 3.04. The molecule has 0 heterocycles. The van der Waals surface area contributed by atoms with Gasteiger partial charge in [-0.05, 0) is 32.4 Å². The molecule has 0 aliphatic rings. The van der Waals surface area contributed by atoms with E-state index < -0.39 is 20.4 Å². The van der Waals surface area contributed by atoms with Crippen molar-refractivity contribution >= 4 is 9.84 Å². The number of benzene rings is 1. The molecule has 3 nitrogen and oxygen atoms in total. The van der Waals surface area contributed by atoms with Crippen molar-refractivity contribution in [2.75, 3.05) is 0 Å². The van der Waals surface area contributed by atoms with Gasteiger partial charge in [0.1, 0.15) is 5.82 Å². The first kappa shape index (κ1) is 14.1. The lowest BCUT2D eigenvalue weighted by Gasteiger charge is -2.20. The topological polar surface area (TPSA) is 54.4 Å². The van der Waals surface area contributed by atoms with E-state index in [2.05, 4.69) is 0 Å². The second-order valence-corrected chi connectivity index (χ2v) is 7.65. The van der Waals surface area contributed by atoms with E-state index >= 15 is 0 Å². The Bertz CT molecular complexity index is 501. The minimum atomic E-state index is -3.46. The van der Waals surface area contributed by atoms with Crippen molar-refractivity contribution in [1.29, 1.82) is 0 Å². The average molecular weight is 260 g/mol. The highest BCUT2D eigenvalue weighted by molar-refractivity contribution is 7.91. The molecule has 0 saturated carbocycles. The summed E-state index contributed by atoms with van der Waals surface area (Å²) >= 11 is 0. The van der Waals surface area contributed by atoms with Crippen LogP contribution in [-0.4, -0.2) is 18.3 Å². The first-order valence-corrected chi connectivity index (χ1v) is 6.93. The van der Waals surface area contributed by atoms with Gasteiger partial charge in [-0.1, -0.05) is 12.1 Å². The maximum atomic E-state index is 13.6. The minimum absolute atomic E-state index is 0.0601. The molecule has 0 atom stereocenters. The van der Waals surface area contributed by atoms with Crippen molar-refractivity contribution in [3.8, 4) is 0 Å². The second kappa shape index (κ2) is 4.74. The summed E-state index contributed by atoms with van der Waals surface area (Å²) in [6.07, 6.45) is 0. The van der Waals surface area contributed by atoms with Gasteiger partial charge in [0.2, 0.25) is 0 Å². The first-order valence-electron chi connectivity index (χ1n) is 5.28. The Balaban J connectivity index is 3.21. The fraction of sp³-hybridized carbons (Fsp3) is 0.500. The monoisotopic (exact) mass is 260 g/mol. The third-order valence-electron chi connectivity index (χ3n) is 2.65. The lowest BCUT2D eigenvalue weighted by Crippen LogP contribution is -2.29. The molecule has 0 fully saturated rings. The van der Waals surface area contributed by atoms with Gasteiger partial charge in [0, 0.05) is 5.56 Å². The number of hydrogen-bond acceptors (Lipinski definition) is 3. The quantitative estimate of drug-likeness (QED) is 0.904. The van der Waals surface area contributed by atoms with E-state index in [1.165, 1.54) is 18.2 Å². The largest absolute Gasteiger partial charge is 0.392 e. The second-order valence-electron chi connectivity index (χ2n) is 4.91. The van der Waals surface area contributed by atoms with Crippen LogP contribution < -0.4 is 0 Å². The molecule has 96 valence electrons. The molecule has 1 rings (SSSR count). The van der Waals surface area contributed by atoms with Crippen molar-refractivity contribution in [3.63, 3.8) is 0 Å². The van der Waals surface area contributed by atoms with E-state index in [9.17, 15) is 12.8 Å². The smallest absolute Gasteiger partial charge is 0.159 e. The normalized spacial score (nSPS) is 12.8. The highest BCUT2D eigenvalue weighted by atomic mass is 32.2. The van der Waals surface area contributed by atoms with Crippen LogP contribution in [0.3, 0.4) is 0 Å². The van der Waals surface area contributed by atoms with Gasteiger partial charge in [0.25, 0.3) is 0 Å². The molecular formula is C12H17FO3S. The Morgan fingerprint density at radius 3 is 2.35 bits per heavy atom. The van der Waals surface area contributed by atoms with Crippen molar-refractivity contribution < 1.29 is 17.9 Å². The van der Waals surface area contributed by atoms with Crippen LogP contribution in [0.1, 0.15) is 31.9 Å². The Kier molecular flexibility index (Phi) is 3.94. The van der Waals surface area contributed by atoms with Crippen LogP contribution in [0.5, 0.6) is 0 Å². The zero-order chi connectivity index (χ0) is 13.3. The molecule has 1 aromatic rings. The van der Waals surface area contributed by atoms with E-state index in [1.54, 1.807) is 20.8 Å². The molecule has 17 heavy (non-hydrogen) atoms. The minimum Gasteiger partial charge on any atom is -0.392 e. The van der Waals surface area contributed by atoms with Gasteiger partial charge in [-0.3, -0.25) is 0 Å². The fourth-order valence-corrected chi connectivity index (χ4v) is 2.46. The number of halogens is 1. The van der Waals surface area contributed by atoms with Crippen LogP contribution in [0.15, 0.2) is 18.2 Å². The molecule has 1 N–H and O–H groups in total. The van der Waals surface area contributed by atoms with E-state index in [0.717, 1.165) is 0 Å². The first-order chi connectivity index (χ1) is 7.69. The number of aliphatic hydroxyl groups excluding tert-OH is 1. The van der Waals surface area contributed by atoms with E-state index in [1.807, 2.05) is 0 Å². The fourth-order valence-electron chi connectivity index (χ4n) is 1.32. The van der Waals surface area contributed by atoms with Gasteiger partial charge >= 0.3 is 0 Å². The number of rotatable bonds is 3. The molecule has 0 aliphatic heterocycles. The summed E-state index contributed by atoms with van der Waals surface area (Å²) in [7, 11) is -3.46. The number of sulfone groups is 1. The summed E-state index contributed by atoms with van der Waals surface area (Å²) in [6.45, 7) is 4.35. The molecule has 0 radical (unpaired) electrons. The maximum Gasteiger partial charge on any atom is 0.159 e. The molecule has 0 saturated heterocycles. The molecule has 5 heteroatoms. The zero-order valence-electron chi connectivity index (χ0n) is 10.2. The predicted octanol–water partition coefficient (Wildman–Crippen LogP) is 2.03. The molecule has 0 unspecified atom stereocenters. The van der Waals surface area contributed by atoms with Crippen LogP contribution in [0.25, 0.3) is 0 Å². The van der Waals surface area contributed by atoms with Crippen molar-refractivity contribution in [2.24, 2.45) is 0 Å². The lowest BCUT2D eigenvalue weighted by atomic mass is 10.1. The summed E-state index contributed by atoms with van der Waals surface area (Å²) in [4.78, 5) is 0. The highest BCUT2D eigenvalue weighted by Gasteiger charge is 2.30. The van der Waals surface area contributed by atoms with Crippen LogP contribution >= 0.6 is 0 Å². The molecular weight excluding hydrogens is 243 g/mol. The van der Waals surface area contributed by atoms with E-state index in [0.29, 0.717) is 5.56 Å². The highest BCUT2D eigenvalue weighted by Crippen LogP contribution is 2.24. The predicted molar refractivity (Wildman–Crippen MR) is 64.7 cm³/mol.